The molecule has 90 valence electrons. The fourth-order valence-electron chi connectivity index (χ4n) is 1.84. The van der Waals surface area contributed by atoms with Crippen molar-refractivity contribution in [1.82, 2.24) is 0 Å². The van der Waals surface area contributed by atoms with Gasteiger partial charge < -0.3 is 14.8 Å². The zero-order valence-corrected chi connectivity index (χ0v) is 9.22. The molecule has 0 radical (unpaired) electrons. The number of carbonyl (C=O) groups is 1. The Balaban J connectivity index is 2.61. The number of non-ortho nitro benzene ring substituents is 1. The van der Waals surface area contributed by atoms with E-state index in [-0.39, 0.29) is 5.69 Å². The Kier molecular flexibility index (Phi) is 2.56. The molecule has 0 aliphatic carbocycles. The quantitative estimate of drug-likeness (QED) is 0.481. The molecule has 1 aromatic carbocycles. The van der Waals surface area contributed by atoms with E-state index in [4.69, 9.17) is 9.47 Å². The van der Waals surface area contributed by atoms with Crippen molar-refractivity contribution in [2.45, 2.75) is 5.79 Å². The second-order valence-corrected chi connectivity index (χ2v) is 3.47. The van der Waals surface area contributed by atoms with E-state index in [0.717, 1.165) is 0 Å². The molecule has 7 heteroatoms. The van der Waals surface area contributed by atoms with Gasteiger partial charge in [-0.15, -0.1) is 0 Å². The Morgan fingerprint density at radius 1 is 1.35 bits per heavy atom. The van der Waals surface area contributed by atoms with Gasteiger partial charge in [0, 0.05) is 26.4 Å². The van der Waals surface area contributed by atoms with Gasteiger partial charge in [0.1, 0.15) is 0 Å². The van der Waals surface area contributed by atoms with Gasteiger partial charge in [-0.3, -0.25) is 14.9 Å². The van der Waals surface area contributed by atoms with Crippen LogP contribution < -0.4 is 5.32 Å². The third kappa shape index (κ3) is 1.48. The average Bonchev–Trinajstić information content (AvgIpc) is 2.60. The highest BCUT2D eigenvalue weighted by molar-refractivity contribution is 6.04. The van der Waals surface area contributed by atoms with Crippen LogP contribution in [0.5, 0.6) is 0 Å². The summed E-state index contributed by atoms with van der Waals surface area (Å²) in [5.74, 6) is -2.11. The maximum atomic E-state index is 11.8. The molecular formula is C10H10N2O5. The number of hydrogen-bond donors (Lipinski definition) is 1. The lowest BCUT2D eigenvalue weighted by Gasteiger charge is -2.23. The van der Waals surface area contributed by atoms with Gasteiger partial charge in [0.05, 0.1) is 16.2 Å². The Morgan fingerprint density at radius 2 is 2.00 bits per heavy atom. The molecule has 0 saturated carbocycles. The SMILES string of the molecule is COC1(OC)C(=O)Nc2ccc([N+](=O)[O-])cc21. The van der Waals surface area contributed by atoms with Crippen LogP contribution in [-0.2, 0) is 20.1 Å². The number of fused-ring (bicyclic) bond motifs is 1. The number of nitrogens with zero attached hydrogens (tertiary/aromatic N) is 1. The van der Waals surface area contributed by atoms with Crippen LogP contribution in [0.2, 0.25) is 0 Å². The molecule has 0 atom stereocenters. The van der Waals surface area contributed by atoms with Crippen molar-refractivity contribution in [2.75, 3.05) is 19.5 Å². The van der Waals surface area contributed by atoms with Gasteiger partial charge in [0.2, 0.25) is 0 Å². The maximum Gasteiger partial charge on any atom is 0.289 e. The molecule has 1 amide bonds. The summed E-state index contributed by atoms with van der Waals surface area (Å²) in [7, 11) is 2.61. The predicted octanol–water partition coefficient (Wildman–Crippen LogP) is 0.993. The first-order valence-corrected chi connectivity index (χ1v) is 4.76. The highest BCUT2D eigenvalue weighted by Gasteiger charge is 2.49. The van der Waals surface area contributed by atoms with Crippen molar-refractivity contribution >= 4 is 17.3 Å². The molecule has 1 heterocycles. The van der Waals surface area contributed by atoms with Gasteiger partial charge in [-0.2, -0.15) is 0 Å². The number of nitrogens with one attached hydrogen (secondary N) is 1. The Hall–Kier alpha value is -1.99. The average molecular weight is 238 g/mol. The van der Waals surface area contributed by atoms with E-state index in [9.17, 15) is 14.9 Å². The van der Waals surface area contributed by atoms with Crippen LogP contribution in [0, 0.1) is 10.1 Å². The number of anilines is 1. The Bertz CT molecular complexity index is 495. The van der Waals surface area contributed by atoms with Crippen LogP contribution in [0.3, 0.4) is 0 Å². The third-order valence-corrected chi connectivity index (χ3v) is 2.69. The highest BCUT2D eigenvalue weighted by Crippen LogP contribution is 2.40. The number of benzene rings is 1. The van der Waals surface area contributed by atoms with Gasteiger partial charge in [0.15, 0.2) is 0 Å². The van der Waals surface area contributed by atoms with Crippen LogP contribution in [0.15, 0.2) is 18.2 Å². The summed E-state index contributed by atoms with van der Waals surface area (Å²) in [5, 5.41) is 13.2. The second kappa shape index (κ2) is 3.79. The number of hydrogen-bond acceptors (Lipinski definition) is 5. The molecule has 2 rings (SSSR count). The molecule has 1 aromatic rings. The van der Waals surface area contributed by atoms with Crippen molar-refractivity contribution in [1.29, 1.82) is 0 Å². The number of carbonyl (C=O) groups excluding carboxylic acids is 1. The van der Waals surface area contributed by atoms with Crippen molar-refractivity contribution < 1.29 is 19.2 Å². The molecule has 0 saturated heterocycles. The number of amides is 1. The van der Waals surface area contributed by atoms with E-state index in [0.29, 0.717) is 11.3 Å². The predicted molar refractivity (Wildman–Crippen MR) is 57.4 cm³/mol. The molecule has 0 fully saturated rings. The van der Waals surface area contributed by atoms with E-state index in [1.54, 1.807) is 0 Å². The Morgan fingerprint density at radius 3 is 2.53 bits per heavy atom. The summed E-state index contributed by atoms with van der Waals surface area (Å²) in [4.78, 5) is 21.9. The Labute approximate surface area is 96.5 Å². The summed E-state index contributed by atoms with van der Waals surface area (Å²) in [6.45, 7) is 0. The molecule has 0 aromatic heterocycles. The lowest BCUT2D eigenvalue weighted by Crippen LogP contribution is -2.38. The van der Waals surface area contributed by atoms with Gasteiger partial charge >= 0.3 is 0 Å². The fourth-order valence-corrected chi connectivity index (χ4v) is 1.84. The molecule has 0 spiro atoms. The normalized spacial score (nSPS) is 16.5. The van der Waals surface area contributed by atoms with Crippen LogP contribution in [0.1, 0.15) is 5.56 Å². The van der Waals surface area contributed by atoms with Crippen molar-refractivity contribution in [3.05, 3.63) is 33.9 Å². The minimum atomic E-state index is -1.61. The van der Waals surface area contributed by atoms with E-state index in [1.165, 1.54) is 32.4 Å². The number of rotatable bonds is 3. The largest absolute Gasteiger partial charge is 0.342 e. The number of methoxy groups -OCH3 is 2. The van der Waals surface area contributed by atoms with E-state index < -0.39 is 16.6 Å². The van der Waals surface area contributed by atoms with Crippen LogP contribution in [0.25, 0.3) is 0 Å². The molecule has 17 heavy (non-hydrogen) atoms. The number of nitro benzene ring substituents is 1. The molecule has 0 unspecified atom stereocenters. The second-order valence-electron chi connectivity index (χ2n) is 3.47. The van der Waals surface area contributed by atoms with Crippen LogP contribution in [-0.4, -0.2) is 25.1 Å². The zero-order valence-electron chi connectivity index (χ0n) is 9.22. The molecular weight excluding hydrogens is 228 g/mol. The summed E-state index contributed by atoms with van der Waals surface area (Å²) in [6, 6.07) is 4.02. The van der Waals surface area contributed by atoms with E-state index in [2.05, 4.69) is 5.32 Å². The molecule has 1 aliphatic heterocycles. The van der Waals surface area contributed by atoms with Crippen LogP contribution >= 0.6 is 0 Å². The lowest BCUT2D eigenvalue weighted by atomic mass is 10.1. The van der Waals surface area contributed by atoms with Gasteiger partial charge in [-0.05, 0) is 6.07 Å². The smallest absolute Gasteiger partial charge is 0.289 e. The third-order valence-electron chi connectivity index (χ3n) is 2.69. The summed E-state index contributed by atoms with van der Waals surface area (Å²) in [6.07, 6.45) is 0. The van der Waals surface area contributed by atoms with Crippen LogP contribution in [0.4, 0.5) is 11.4 Å². The summed E-state index contributed by atoms with van der Waals surface area (Å²) >= 11 is 0. The highest BCUT2D eigenvalue weighted by atomic mass is 16.7. The first-order chi connectivity index (χ1) is 8.05. The standard InChI is InChI=1S/C10H10N2O5/c1-16-10(17-2)7-5-6(12(14)15)3-4-8(7)11-9(10)13/h3-5H,1-2H3,(H,11,13). The number of ether oxygens (including phenoxy) is 2. The van der Waals surface area contributed by atoms with Crippen molar-refractivity contribution in [3.8, 4) is 0 Å². The van der Waals surface area contributed by atoms with Crippen molar-refractivity contribution in [2.24, 2.45) is 0 Å². The maximum absolute atomic E-state index is 11.8. The summed E-state index contributed by atoms with van der Waals surface area (Å²) in [5.41, 5.74) is 0.629. The first kappa shape index (κ1) is 11.5. The zero-order chi connectivity index (χ0) is 12.6. The minimum Gasteiger partial charge on any atom is -0.342 e. The molecule has 1 aliphatic rings. The monoisotopic (exact) mass is 238 g/mol. The molecule has 0 bridgehead atoms. The lowest BCUT2D eigenvalue weighted by molar-refractivity contribution is -0.385. The first-order valence-electron chi connectivity index (χ1n) is 4.76. The summed E-state index contributed by atoms with van der Waals surface area (Å²) < 4.78 is 10.1. The van der Waals surface area contributed by atoms with Gasteiger partial charge in [0.25, 0.3) is 17.4 Å². The minimum absolute atomic E-state index is 0.126. The topological polar surface area (TPSA) is 90.7 Å². The van der Waals surface area contributed by atoms with E-state index in [1.807, 2.05) is 0 Å². The van der Waals surface area contributed by atoms with E-state index >= 15 is 0 Å². The van der Waals surface area contributed by atoms with Crippen molar-refractivity contribution in [3.63, 3.8) is 0 Å². The van der Waals surface area contributed by atoms with Gasteiger partial charge in [-0.1, -0.05) is 0 Å². The fraction of sp³-hybridized carbons (Fsp3) is 0.300. The number of nitro groups is 1. The van der Waals surface area contributed by atoms with Gasteiger partial charge in [-0.25, -0.2) is 0 Å². The molecule has 1 N–H and O–H groups in total. The molecule has 7 nitrogen and oxygen atoms in total.